The second-order valence-corrected chi connectivity index (χ2v) is 2.69. The molecule has 0 amide bonds. The predicted molar refractivity (Wildman–Crippen MR) is 57.7 cm³/mol. The summed E-state index contributed by atoms with van der Waals surface area (Å²) >= 11 is 0. The second kappa shape index (κ2) is 6.06. The number of anilines is 1. The molecule has 0 aliphatic heterocycles. The molecular formula is C11H9NO4. The van der Waals surface area contributed by atoms with Crippen LogP contribution < -0.4 is 10.1 Å². The number of ether oxygens (including phenoxy) is 1. The molecule has 0 heterocycles. The van der Waals surface area contributed by atoms with Crippen LogP contribution in [0.1, 0.15) is 0 Å². The topological polar surface area (TPSA) is 75.6 Å². The molecule has 1 rings (SSSR count). The molecule has 82 valence electrons. The fraction of sp³-hybridized carbons (Fsp3) is 0. The molecule has 0 saturated heterocycles. The third-order valence-corrected chi connectivity index (χ3v) is 1.57. The Balaban J connectivity index is 2.57. The summed E-state index contributed by atoms with van der Waals surface area (Å²) < 4.78 is 4.86. The van der Waals surface area contributed by atoms with Crippen molar-refractivity contribution >= 4 is 17.6 Å². The highest BCUT2D eigenvalue weighted by Gasteiger charge is 1.92. The number of nitrogens with one attached hydrogen (secondary N) is 1. The SMILES string of the molecule is O=C=COc1ccc(NC=CC(=O)O)cc1. The normalized spacial score (nSPS) is 9.50. The molecule has 0 fully saturated rings. The number of benzene rings is 1. The predicted octanol–water partition coefficient (Wildman–Crippen LogP) is 1.42. The standard InChI is InChI=1S/C11H9NO4/c13-7-8-16-10-3-1-9(2-4-10)12-6-5-11(14)15/h1-6,8,12H,(H,14,15). The quantitative estimate of drug-likeness (QED) is 0.445. The first kappa shape index (κ1) is 11.6. The largest absolute Gasteiger partial charge is 0.478 e. The summed E-state index contributed by atoms with van der Waals surface area (Å²) in [6.45, 7) is 0. The van der Waals surface area contributed by atoms with Gasteiger partial charge in [-0.15, -0.1) is 0 Å². The van der Waals surface area contributed by atoms with Crippen molar-refractivity contribution in [2.45, 2.75) is 0 Å². The van der Waals surface area contributed by atoms with Gasteiger partial charge < -0.3 is 15.2 Å². The highest BCUT2D eigenvalue weighted by Crippen LogP contribution is 2.15. The summed E-state index contributed by atoms with van der Waals surface area (Å²) in [5, 5.41) is 11.1. The number of carbonyl (C=O) groups excluding carboxylic acids is 1. The average molecular weight is 219 g/mol. The molecule has 5 heteroatoms. The summed E-state index contributed by atoms with van der Waals surface area (Å²) in [5.41, 5.74) is 0.708. The third-order valence-electron chi connectivity index (χ3n) is 1.57. The van der Waals surface area contributed by atoms with Crippen LogP contribution in [0, 0.1) is 0 Å². The van der Waals surface area contributed by atoms with E-state index in [1.807, 2.05) is 0 Å². The smallest absolute Gasteiger partial charge is 0.329 e. The van der Waals surface area contributed by atoms with E-state index in [2.05, 4.69) is 5.32 Å². The van der Waals surface area contributed by atoms with Gasteiger partial charge in [0.2, 0.25) is 0 Å². The molecule has 0 bridgehead atoms. The van der Waals surface area contributed by atoms with Crippen LogP contribution >= 0.6 is 0 Å². The van der Waals surface area contributed by atoms with Gasteiger partial charge in [-0.1, -0.05) is 0 Å². The van der Waals surface area contributed by atoms with Crippen molar-refractivity contribution < 1.29 is 19.4 Å². The Kier molecular flexibility index (Phi) is 4.37. The van der Waals surface area contributed by atoms with E-state index in [-0.39, 0.29) is 0 Å². The van der Waals surface area contributed by atoms with Crippen LogP contribution in [0.2, 0.25) is 0 Å². The number of aliphatic carboxylic acids is 1. The van der Waals surface area contributed by atoms with Crippen molar-refractivity contribution in [1.29, 1.82) is 0 Å². The van der Waals surface area contributed by atoms with Crippen LogP contribution in [-0.2, 0) is 9.59 Å². The van der Waals surface area contributed by atoms with Crippen LogP contribution in [0.3, 0.4) is 0 Å². The summed E-state index contributed by atoms with van der Waals surface area (Å²) in [6, 6.07) is 6.62. The Bertz CT molecular complexity index is 430. The molecule has 0 unspecified atom stereocenters. The number of carbonyl (C=O) groups is 1. The molecular weight excluding hydrogens is 210 g/mol. The van der Waals surface area contributed by atoms with Gasteiger partial charge in [-0.2, -0.15) is 0 Å². The Morgan fingerprint density at radius 2 is 2.06 bits per heavy atom. The number of hydrogen-bond acceptors (Lipinski definition) is 4. The Morgan fingerprint density at radius 1 is 1.38 bits per heavy atom. The average Bonchev–Trinajstić information content (AvgIpc) is 2.27. The molecule has 0 saturated carbocycles. The van der Waals surface area contributed by atoms with Crippen molar-refractivity contribution in [3.05, 3.63) is 42.8 Å². The second-order valence-electron chi connectivity index (χ2n) is 2.69. The van der Waals surface area contributed by atoms with E-state index in [9.17, 15) is 9.59 Å². The first-order chi connectivity index (χ1) is 7.72. The van der Waals surface area contributed by atoms with Gasteiger partial charge in [0.1, 0.15) is 5.75 Å². The van der Waals surface area contributed by atoms with Gasteiger partial charge in [-0.05, 0) is 24.3 Å². The Morgan fingerprint density at radius 3 is 2.62 bits per heavy atom. The minimum atomic E-state index is -1.02. The van der Waals surface area contributed by atoms with Crippen LogP contribution in [0.15, 0.2) is 42.8 Å². The van der Waals surface area contributed by atoms with Gasteiger partial charge in [0.25, 0.3) is 0 Å². The molecule has 0 aliphatic carbocycles. The number of carboxylic acids is 1. The molecule has 2 N–H and O–H groups in total. The maximum absolute atomic E-state index is 10.2. The van der Waals surface area contributed by atoms with E-state index < -0.39 is 5.97 Å². The molecule has 1 aromatic carbocycles. The van der Waals surface area contributed by atoms with Crippen molar-refractivity contribution in [2.75, 3.05) is 5.32 Å². The lowest BCUT2D eigenvalue weighted by atomic mass is 10.3. The lowest BCUT2D eigenvalue weighted by molar-refractivity contribution is -0.131. The maximum Gasteiger partial charge on any atom is 0.329 e. The summed E-state index contributed by atoms with van der Waals surface area (Å²) in [7, 11) is 0. The zero-order valence-corrected chi connectivity index (χ0v) is 8.21. The highest BCUT2D eigenvalue weighted by molar-refractivity contribution is 5.80. The van der Waals surface area contributed by atoms with E-state index in [4.69, 9.17) is 9.84 Å². The minimum absolute atomic E-state index is 0.496. The van der Waals surface area contributed by atoms with Crippen LogP contribution in [0.4, 0.5) is 5.69 Å². The van der Waals surface area contributed by atoms with Gasteiger partial charge in [0.15, 0.2) is 12.2 Å². The fourth-order valence-corrected chi connectivity index (χ4v) is 0.931. The third kappa shape index (κ3) is 4.13. The number of carboxylic acid groups (broad SMARTS) is 1. The first-order valence-corrected chi connectivity index (χ1v) is 4.34. The first-order valence-electron chi connectivity index (χ1n) is 4.34. The molecule has 0 atom stereocenters. The number of hydrogen-bond donors (Lipinski definition) is 2. The maximum atomic E-state index is 10.2. The Hall–Kier alpha value is -2.52. The zero-order valence-electron chi connectivity index (χ0n) is 8.21. The van der Waals surface area contributed by atoms with Crippen LogP contribution in [0.5, 0.6) is 5.75 Å². The van der Waals surface area contributed by atoms with Crippen molar-refractivity contribution in [1.82, 2.24) is 0 Å². The molecule has 0 aliphatic rings. The summed E-state index contributed by atoms with van der Waals surface area (Å²) in [5.74, 6) is 0.960. The van der Waals surface area contributed by atoms with Crippen molar-refractivity contribution in [2.24, 2.45) is 0 Å². The molecule has 16 heavy (non-hydrogen) atoms. The van der Waals surface area contributed by atoms with Crippen LogP contribution in [0.25, 0.3) is 0 Å². The van der Waals surface area contributed by atoms with Gasteiger partial charge in [0, 0.05) is 18.0 Å². The van der Waals surface area contributed by atoms with E-state index >= 15 is 0 Å². The summed E-state index contributed by atoms with van der Waals surface area (Å²) in [4.78, 5) is 20.0. The molecule has 0 spiro atoms. The van der Waals surface area contributed by atoms with E-state index in [0.29, 0.717) is 11.4 Å². The van der Waals surface area contributed by atoms with Gasteiger partial charge in [-0.3, -0.25) is 0 Å². The highest BCUT2D eigenvalue weighted by atomic mass is 16.5. The van der Waals surface area contributed by atoms with E-state index in [1.165, 1.54) is 12.1 Å². The molecule has 0 aromatic heterocycles. The van der Waals surface area contributed by atoms with Gasteiger partial charge in [-0.25, -0.2) is 9.59 Å². The van der Waals surface area contributed by atoms with E-state index in [0.717, 1.165) is 12.3 Å². The Labute approximate surface area is 91.7 Å². The van der Waals surface area contributed by atoms with Crippen molar-refractivity contribution in [3.63, 3.8) is 0 Å². The summed E-state index contributed by atoms with van der Waals surface area (Å²) in [6.07, 6.45) is 3.20. The molecule has 5 nitrogen and oxygen atoms in total. The lowest BCUT2D eigenvalue weighted by Gasteiger charge is -2.01. The lowest BCUT2D eigenvalue weighted by Crippen LogP contribution is -1.92. The van der Waals surface area contributed by atoms with Crippen molar-refractivity contribution in [3.8, 4) is 5.75 Å². The monoisotopic (exact) mass is 219 g/mol. The van der Waals surface area contributed by atoms with Gasteiger partial charge >= 0.3 is 5.97 Å². The zero-order chi connectivity index (χ0) is 11.8. The molecule has 0 radical (unpaired) electrons. The number of rotatable bonds is 5. The van der Waals surface area contributed by atoms with Gasteiger partial charge in [0.05, 0.1) is 0 Å². The van der Waals surface area contributed by atoms with Crippen LogP contribution in [-0.4, -0.2) is 17.0 Å². The minimum Gasteiger partial charge on any atom is -0.478 e. The molecule has 1 aromatic rings. The fourth-order valence-electron chi connectivity index (χ4n) is 0.931. The van der Waals surface area contributed by atoms with E-state index in [1.54, 1.807) is 24.3 Å².